The summed E-state index contributed by atoms with van der Waals surface area (Å²) in [7, 11) is 2.06. The molecule has 0 spiro atoms. The minimum absolute atomic E-state index is 0.0984. The molecule has 1 aromatic rings. The van der Waals surface area contributed by atoms with Crippen LogP contribution in [0.5, 0.6) is 0 Å². The van der Waals surface area contributed by atoms with Gasteiger partial charge in [-0.05, 0) is 24.4 Å². The van der Waals surface area contributed by atoms with Gasteiger partial charge >= 0.3 is 0 Å². The summed E-state index contributed by atoms with van der Waals surface area (Å²) in [5, 5.41) is 24.2. The van der Waals surface area contributed by atoms with Crippen LogP contribution in [0.2, 0.25) is 5.82 Å². The van der Waals surface area contributed by atoms with Crippen molar-refractivity contribution in [2.24, 2.45) is 5.41 Å². The molecule has 0 radical (unpaired) electrons. The summed E-state index contributed by atoms with van der Waals surface area (Å²) in [6.45, 7) is 3.44. The molecule has 0 aromatic carbocycles. The van der Waals surface area contributed by atoms with Gasteiger partial charge in [0.1, 0.15) is 7.85 Å². The molecule has 1 aliphatic rings. The zero-order chi connectivity index (χ0) is 12.5. The lowest BCUT2D eigenvalue weighted by atomic mass is 9.79. The van der Waals surface area contributed by atoms with E-state index in [1.54, 1.807) is 17.0 Å². The first kappa shape index (κ1) is 12.2. The molecule has 1 aliphatic carbocycles. The number of aliphatic hydroxyl groups is 2. The third kappa shape index (κ3) is 1.87. The Morgan fingerprint density at radius 2 is 2.47 bits per heavy atom. The first-order valence-electron chi connectivity index (χ1n) is 5.79. The van der Waals surface area contributed by atoms with E-state index in [4.69, 9.17) is 0 Å². The normalized spacial score (nSPS) is 36.7. The Hall–Kier alpha value is -1.29. The molecule has 1 aromatic heterocycles. The van der Waals surface area contributed by atoms with Crippen molar-refractivity contribution in [3.8, 4) is 0 Å². The van der Waals surface area contributed by atoms with Crippen LogP contribution in [-0.4, -0.2) is 40.6 Å². The minimum Gasteiger partial charge on any atom is -0.395 e. The fourth-order valence-corrected chi connectivity index (χ4v) is 2.91. The number of aromatic nitrogens is 2. The number of rotatable bonds is 3. The fourth-order valence-electron chi connectivity index (χ4n) is 2.91. The standard InChI is InChI=1S/C12H17BN2O2/c1-2-4-12(8-16)7-9(13)10(11(12)17)15-6-3-5-14-15/h3-6,9-11,16-17H,1,7-8,13H2/t9-,10?,11-,12-/m1/s1. The van der Waals surface area contributed by atoms with E-state index in [0.29, 0.717) is 6.42 Å². The summed E-state index contributed by atoms with van der Waals surface area (Å²) >= 11 is 0. The first-order chi connectivity index (χ1) is 8.14. The maximum Gasteiger partial charge on any atom is 0.108 e. The van der Waals surface area contributed by atoms with Crippen molar-refractivity contribution in [3.63, 3.8) is 0 Å². The zero-order valence-corrected chi connectivity index (χ0v) is 9.95. The van der Waals surface area contributed by atoms with Crippen molar-refractivity contribution >= 4 is 7.85 Å². The Morgan fingerprint density at radius 1 is 1.71 bits per heavy atom. The van der Waals surface area contributed by atoms with E-state index in [1.807, 2.05) is 12.3 Å². The Labute approximate surface area is 102 Å². The van der Waals surface area contributed by atoms with Crippen LogP contribution in [0.4, 0.5) is 0 Å². The molecule has 1 unspecified atom stereocenters. The van der Waals surface area contributed by atoms with Crippen LogP contribution in [0.15, 0.2) is 36.8 Å². The lowest BCUT2D eigenvalue weighted by molar-refractivity contribution is 0.0175. The molecule has 5 heteroatoms. The van der Waals surface area contributed by atoms with Crippen molar-refractivity contribution in [3.05, 3.63) is 36.8 Å². The second kappa shape index (κ2) is 4.53. The second-order valence-electron chi connectivity index (χ2n) is 4.84. The summed E-state index contributed by atoms with van der Waals surface area (Å²) in [6, 6.07) is 1.73. The Morgan fingerprint density at radius 3 is 3.00 bits per heavy atom. The van der Waals surface area contributed by atoms with Crippen LogP contribution in [0.3, 0.4) is 0 Å². The molecule has 1 fully saturated rings. The van der Waals surface area contributed by atoms with Crippen molar-refractivity contribution in [1.29, 1.82) is 0 Å². The SMILES string of the molecule is B[C@@H]1C[C@](C=C=C)(CO)[C@H](O)C1n1cccn1. The van der Waals surface area contributed by atoms with E-state index in [-0.39, 0.29) is 18.5 Å². The summed E-state index contributed by atoms with van der Waals surface area (Å²) in [6.07, 6.45) is 5.27. The van der Waals surface area contributed by atoms with Gasteiger partial charge in [0.2, 0.25) is 0 Å². The van der Waals surface area contributed by atoms with Gasteiger partial charge in [-0.25, -0.2) is 0 Å². The number of hydrogen-bond acceptors (Lipinski definition) is 3. The quantitative estimate of drug-likeness (QED) is 0.566. The van der Waals surface area contributed by atoms with Gasteiger partial charge in [0, 0.05) is 17.8 Å². The van der Waals surface area contributed by atoms with Gasteiger partial charge in [-0.1, -0.05) is 6.58 Å². The molecule has 0 saturated heterocycles. The van der Waals surface area contributed by atoms with E-state index in [0.717, 1.165) is 0 Å². The van der Waals surface area contributed by atoms with E-state index < -0.39 is 11.5 Å². The summed E-state index contributed by atoms with van der Waals surface area (Å²) in [5.41, 5.74) is 2.05. The fraction of sp³-hybridized carbons (Fsp3) is 0.500. The summed E-state index contributed by atoms with van der Waals surface area (Å²) in [4.78, 5) is 0. The molecule has 2 N–H and O–H groups in total. The van der Waals surface area contributed by atoms with E-state index in [9.17, 15) is 10.2 Å². The Bertz CT molecular complexity index is 428. The highest BCUT2D eigenvalue weighted by Gasteiger charge is 2.50. The molecule has 1 saturated carbocycles. The van der Waals surface area contributed by atoms with Gasteiger partial charge in [-0.2, -0.15) is 5.10 Å². The lowest BCUT2D eigenvalue weighted by Gasteiger charge is -2.28. The van der Waals surface area contributed by atoms with E-state index in [2.05, 4.69) is 25.3 Å². The van der Waals surface area contributed by atoms with Crippen molar-refractivity contribution in [1.82, 2.24) is 9.78 Å². The largest absolute Gasteiger partial charge is 0.395 e. The van der Waals surface area contributed by atoms with Gasteiger partial charge in [-0.3, -0.25) is 4.68 Å². The highest BCUT2D eigenvalue weighted by molar-refractivity contribution is 6.12. The Kier molecular flexibility index (Phi) is 3.25. The van der Waals surface area contributed by atoms with Crippen LogP contribution in [0, 0.1) is 5.41 Å². The molecule has 4 nitrogen and oxygen atoms in total. The Balaban J connectivity index is 2.36. The van der Waals surface area contributed by atoms with E-state index in [1.165, 1.54) is 0 Å². The number of nitrogens with zero attached hydrogens (tertiary/aromatic N) is 2. The molecule has 4 atom stereocenters. The maximum atomic E-state index is 10.5. The van der Waals surface area contributed by atoms with Crippen LogP contribution in [0.25, 0.3) is 0 Å². The van der Waals surface area contributed by atoms with Gasteiger partial charge in [0.25, 0.3) is 0 Å². The molecule has 0 bridgehead atoms. The van der Waals surface area contributed by atoms with E-state index >= 15 is 0 Å². The van der Waals surface area contributed by atoms with Crippen LogP contribution in [-0.2, 0) is 0 Å². The molecular weight excluding hydrogens is 215 g/mol. The molecule has 1 heterocycles. The van der Waals surface area contributed by atoms with Crippen LogP contribution >= 0.6 is 0 Å². The smallest absolute Gasteiger partial charge is 0.108 e. The van der Waals surface area contributed by atoms with Gasteiger partial charge in [0.05, 0.1) is 18.8 Å². The molecule has 90 valence electrons. The number of hydrogen-bond donors (Lipinski definition) is 2. The van der Waals surface area contributed by atoms with Crippen molar-refractivity contribution in [2.45, 2.75) is 24.4 Å². The lowest BCUT2D eigenvalue weighted by Crippen LogP contribution is -2.36. The molecule has 17 heavy (non-hydrogen) atoms. The molecule has 2 rings (SSSR count). The van der Waals surface area contributed by atoms with Gasteiger partial charge < -0.3 is 10.2 Å². The summed E-state index contributed by atoms with van der Waals surface area (Å²) in [5.74, 6) is 0.238. The monoisotopic (exact) mass is 232 g/mol. The molecular formula is C12H17BN2O2. The van der Waals surface area contributed by atoms with Gasteiger partial charge in [0.15, 0.2) is 0 Å². The van der Waals surface area contributed by atoms with Gasteiger partial charge in [-0.15, -0.1) is 5.73 Å². The first-order valence-corrected chi connectivity index (χ1v) is 5.79. The third-order valence-corrected chi connectivity index (χ3v) is 3.71. The molecule has 0 amide bonds. The van der Waals surface area contributed by atoms with Crippen LogP contribution in [0.1, 0.15) is 12.5 Å². The second-order valence-corrected chi connectivity index (χ2v) is 4.84. The average molecular weight is 232 g/mol. The van der Waals surface area contributed by atoms with Crippen molar-refractivity contribution < 1.29 is 10.2 Å². The topological polar surface area (TPSA) is 58.3 Å². The van der Waals surface area contributed by atoms with Crippen LogP contribution < -0.4 is 0 Å². The predicted molar refractivity (Wildman–Crippen MR) is 67.4 cm³/mol. The molecule has 0 aliphatic heterocycles. The van der Waals surface area contributed by atoms with Crippen molar-refractivity contribution in [2.75, 3.05) is 6.61 Å². The number of aliphatic hydroxyl groups excluding tert-OH is 2. The zero-order valence-electron chi connectivity index (χ0n) is 9.95. The average Bonchev–Trinajstić information content (AvgIpc) is 2.88. The summed E-state index contributed by atoms with van der Waals surface area (Å²) < 4.78 is 1.77. The minimum atomic E-state index is -0.670. The maximum absolute atomic E-state index is 10.5. The third-order valence-electron chi connectivity index (χ3n) is 3.71. The predicted octanol–water partition coefficient (Wildman–Crippen LogP) is -0.0698. The highest BCUT2D eigenvalue weighted by atomic mass is 16.3. The highest BCUT2D eigenvalue weighted by Crippen LogP contribution is 2.50.